The molecule has 2 atom stereocenters. The van der Waals surface area contributed by atoms with Gasteiger partial charge in [0.1, 0.15) is 0 Å². The Labute approximate surface area is 126 Å². The van der Waals surface area contributed by atoms with Gasteiger partial charge in [-0.3, -0.25) is 4.90 Å². The molecule has 4 heteroatoms. The van der Waals surface area contributed by atoms with Crippen LogP contribution in [-0.2, 0) is 6.54 Å². The monoisotopic (exact) mass is 307 g/mol. The number of nitrogens with zero attached hydrogens (tertiary/aromatic N) is 1. The van der Waals surface area contributed by atoms with Crippen LogP contribution < -0.4 is 0 Å². The Morgan fingerprint density at radius 3 is 2.00 bits per heavy atom. The molecule has 1 aliphatic heterocycles. The highest BCUT2D eigenvalue weighted by Gasteiger charge is 2.31. The lowest BCUT2D eigenvalue weighted by Crippen LogP contribution is -2.37. The summed E-state index contributed by atoms with van der Waals surface area (Å²) in [4.78, 5) is 2.46. The summed E-state index contributed by atoms with van der Waals surface area (Å²) in [6, 6.07) is 9.70. The summed E-state index contributed by atoms with van der Waals surface area (Å²) in [5.41, 5.74) is 2.65. The van der Waals surface area contributed by atoms with Gasteiger partial charge in [0.15, 0.2) is 0 Å². The van der Waals surface area contributed by atoms with Gasteiger partial charge >= 0.3 is 0 Å². The van der Waals surface area contributed by atoms with Gasteiger partial charge in [0.2, 0.25) is 0 Å². The number of halogens is 3. The lowest BCUT2D eigenvalue weighted by molar-refractivity contribution is 0.209. The molecule has 1 aliphatic rings. The van der Waals surface area contributed by atoms with Gasteiger partial charge in [-0.05, 0) is 25.3 Å². The molecule has 1 heterocycles. The van der Waals surface area contributed by atoms with Crippen molar-refractivity contribution in [2.24, 2.45) is 0 Å². The van der Waals surface area contributed by atoms with Crippen LogP contribution in [0.4, 0.5) is 0 Å². The average molecular weight is 309 g/mol. The fraction of sp³-hybridized carbons (Fsp3) is 0.571. The Kier molecular flexibility index (Phi) is 6.79. The van der Waals surface area contributed by atoms with Crippen molar-refractivity contribution in [1.29, 1.82) is 0 Å². The van der Waals surface area contributed by atoms with E-state index in [-0.39, 0.29) is 12.4 Å². The minimum atomic E-state index is 0. The Bertz CT molecular complexity index is 341. The van der Waals surface area contributed by atoms with Crippen LogP contribution in [-0.4, -0.2) is 28.7 Å². The molecule has 1 aromatic carbocycles. The predicted molar refractivity (Wildman–Crippen MR) is 82.2 cm³/mol. The molecule has 2 rings (SSSR count). The molecule has 0 radical (unpaired) electrons. The van der Waals surface area contributed by atoms with E-state index in [2.05, 4.69) is 36.1 Å². The van der Waals surface area contributed by atoms with Crippen molar-refractivity contribution in [3.63, 3.8) is 0 Å². The first kappa shape index (κ1) is 16.1. The number of hydrogen-bond acceptors (Lipinski definition) is 1. The Morgan fingerprint density at radius 2 is 1.56 bits per heavy atom. The first-order chi connectivity index (χ1) is 8.24. The second-order valence-electron chi connectivity index (χ2n) is 4.85. The molecule has 1 aromatic rings. The molecule has 0 aromatic heterocycles. The largest absolute Gasteiger partial charge is 0.291 e. The van der Waals surface area contributed by atoms with Crippen LogP contribution in [0.15, 0.2) is 24.3 Å². The lowest BCUT2D eigenvalue weighted by Gasteiger charge is -2.28. The van der Waals surface area contributed by atoms with Crippen molar-refractivity contribution < 1.29 is 0 Å². The van der Waals surface area contributed by atoms with Gasteiger partial charge in [0.25, 0.3) is 0 Å². The van der Waals surface area contributed by atoms with Gasteiger partial charge in [-0.2, -0.15) is 0 Å². The smallest absolute Gasteiger partial charge is 0.0379 e. The fourth-order valence-electron chi connectivity index (χ4n) is 2.51. The summed E-state index contributed by atoms with van der Waals surface area (Å²) < 4.78 is 0. The van der Waals surface area contributed by atoms with E-state index >= 15 is 0 Å². The SMILES string of the molecule is Cc1ccc(CN2C(CCl)CCC2CCl)cc1.Cl. The predicted octanol–water partition coefficient (Wildman–Crippen LogP) is 4.23. The number of hydrogen-bond donors (Lipinski definition) is 0. The van der Waals surface area contributed by atoms with Crippen LogP contribution in [0.1, 0.15) is 24.0 Å². The summed E-state index contributed by atoms with van der Waals surface area (Å²) in [6.45, 7) is 3.08. The highest BCUT2D eigenvalue weighted by atomic mass is 35.5. The average Bonchev–Trinajstić information content (AvgIpc) is 2.74. The van der Waals surface area contributed by atoms with Gasteiger partial charge in [0, 0.05) is 30.4 Å². The van der Waals surface area contributed by atoms with E-state index < -0.39 is 0 Å². The Hall–Kier alpha value is 0.0500. The van der Waals surface area contributed by atoms with Gasteiger partial charge < -0.3 is 0 Å². The zero-order valence-electron chi connectivity index (χ0n) is 10.6. The van der Waals surface area contributed by atoms with Crippen molar-refractivity contribution in [3.8, 4) is 0 Å². The zero-order valence-corrected chi connectivity index (χ0v) is 12.9. The highest BCUT2D eigenvalue weighted by Crippen LogP contribution is 2.27. The fourth-order valence-corrected chi connectivity index (χ4v) is 3.17. The van der Waals surface area contributed by atoms with Gasteiger partial charge in [-0.15, -0.1) is 35.6 Å². The van der Waals surface area contributed by atoms with Crippen LogP contribution in [0.3, 0.4) is 0 Å². The molecule has 1 nitrogen and oxygen atoms in total. The molecule has 2 unspecified atom stereocenters. The van der Waals surface area contributed by atoms with Gasteiger partial charge in [-0.25, -0.2) is 0 Å². The molecule has 0 amide bonds. The molecule has 0 aliphatic carbocycles. The second kappa shape index (κ2) is 7.59. The third kappa shape index (κ3) is 3.77. The van der Waals surface area contributed by atoms with E-state index in [9.17, 15) is 0 Å². The second-order valence-corrected chi connectivity index (χ2v) is 5.47. The summed E-state index contributed by atoms with van der Waals surface area (Å²) in [5, 5.41) is 0. The maximum atomic E-state index is 6.03. The summed E-state index contributed by atoms with van der Waals surface area (Å²) in [6.07, 6.45) is 2.35. The van der Waals surface area contributed by atoms with Crippen molar-refractivity contribution in [2.75, 3.05) is 11.8 Å². The molecule has 18 heavy (non-hydrogen) atoms. The summed E-state index contributed by atoms with van der Waals surface area (Å²) in [5.74, 6) is 1.42. The van der Waals surface area contributed by atoms with Crippen LogP contribution >= 0.6 is 35.6 Å². The molecule has 0 saturated carbocycles. The van der Waals surface area contributed by atoms with Gasteiger partial charge in [0.05, 0.1) is 0 Å². The topological polar surface area (TPSA) is 3.24 Å². The molecule has 0 spiro atoms. The molecule has 0 bridgehead atoms. The third-order valence-corrected chi connectivity index (χ3v) is 4.33. The minimum Gasteiger partial charge on any atom is -0.291 e. The molecular weight excluding hydrogens is 289 g/mol. The number of aryl methyl sites for hydroxylation is 1. The van der Waals surface area contributed by atoms with Crippen LogP contribution in [0.2, 0.25) is 0 Å². The maximum Gasteiger partial charge on any atom is 0.0379 e. The highest BCUT2D eigenvalue weighted by molar-refractivity contribution is 6.18. The minimum absolute atomic E-state index is 0. The number of rotatable bonds is 4. The van der Waals surface area contributed by atoms with E-state index in [1.807, 2.05) is 0 Å². The Balaban J connectivity index is 0.00000162. The van der Waals surface area contributed by atoms with Crippen LogP contribution in [0, 0.1) is 6.92 Å². The molecule has 0 N–H and O–H groups in total. The van der Waals surface area contributed by atoms with E-state index in [4.69, 9.17) is 23.2 Å². The molecule has 1 saturated heterocycles. The number of likely N-dealkylation sites (tertiary alicyclic amines) is 1. The summed E-state index contributed by atoms with van der Waals surface area (Å²) in [7, 11) is 0. The first-order valence-electron chi connectivity index (χ1n) is 6.18. The number of alkyl halides is 2. The van der Waals surface area contributed by atoms with E-state index in [0.29, 0.717) is 23.8 Å². The van der Waals surface area contributed by atoms with Crippen LogP contribution in [0.5, 0.6) is 0 Å². The molecular formula is C14H20Cl3N. The van der Waals surface area contributed by atoms with Crippen molar-refractivity contribution in [3.05, 3.63) is 35.4 Å². The normalized spacial score (nSPS) is 23.9. The standard InChI is InChI=1S/C14H19Cl2N.ClH/c1-11-2-4-12(5-3-11)10-17-13(8-15)6-7-14(17)9-16;/h2-5,13-14H,6-10H2,1H3;1H. The quantitative estimate of drug-likeness (QED) is 0.753. The van der Waals surface area contributed by atoms with Crippen LogP contribution in [0.25, 0.3) is 0 Å². The first-order valence-corrected chi connectivity index (χ1v) is 7.24. The number of benzene rings is 1. The Morgan fingerprint density at radius 1 is 1.06 bits per heavy atom. The van der Waals surface area contributed by atoms with Crippen molar-refractivity contribution in [2.45, 2.75) is 38.4 Å². The van der Waals surface area contributed by atoms with E-state index in [0.717, 1.165) is 6.54 Å². The third-order valence-electron chi connectivity index (χ3n) is 3.61. The zero-order chi connectivity index (χ0) is 12.3. The van der Waals surface area contributed by atoms with Crippen molar-refractivity contribution in [1.82, 2.24) is 4.90 Å². The van der Waals surface area contributed by atoms with Crippen molar-refractivity contribution >= 4 is 35.6 Å². The molecule has 102 valence electrons. The van der Waals surface area contributed by atoms with Gasteiger partial charge in [-0.1, -0.05) is 29.8 Å². The maximum absolute atomic E-state index is 6.03. The lowest BCUT2D eigenvalue weighted by atomic mass is 10.1. The summed E-state index contributed by atoms with van der Waals surface area (Å²) >= 11 is 12.1. The van der Waals surface area contributed by atoms with E-state index in [1.165, 1.54) is 24.0 Å². The molecule has 1 fully saturated rings. The van der Waals surface area contributed by atoms with E-state index in [1.54, 1.807) is 0 Å².